The first-order valence-electron chi connectivity index (χ1n) is 11.9. The standard InChI is InChI=1S/C27H32BClN2O2S/c1-19(28-32-26(2,3)27(4,5)33-28)20(18-30)11-7-6-10-16-31-22-12-8-9-13-24(22)34-25-15-14-21(29)17-23(25)31/h8-9,12-15,17,20H,1,6-7,10-11,16H2,2-5H3/t20-/m0/s1. The maximum Gasteiger partial charge on any atom is 0.491 e. The number of nitrogens with zero attached hydrogens (tertiary/aromatic N) is 2. The highest BCUT2D eigenvalue weighted by Crippen LogP contribution is 2.48. The maximum atomic E-state index is 9.78. The number of unbranched alkanes of at least 4 members (excludes halogenated alkanes) is 2. The molecule has 178 valence electrons. The third kappa shape index (κ3) is 5.04. The summed E-state index contributed by atoms with van der Waals surface area (Å²) < 4.78 is 12.2. The molecular weight excluding hydrogens is 463 g/mol. The maximum absolute atomic E-state index is 9.78. The second-order valence-electron chi connectivity index (χ2n) is 10.0. The van der Waals surface area contributed by atoms with E-state index in [1.807, 2.05) is 33.8 Å². The van der Waals surface area contributed by atoms with E-state index in [1.165, 1.54) is 21.2 Å². The normalized spacial score (nSPS) is 18.7. The molecule has 0 amide bonds. The highest BCUT2D eigenvalue weighted by molar-refractivity contribution is 7.99. The van der Waals surface area contributed by atoms with Crippen LogP contribution in [0.4, 0.5) is 11.4 Å². The van der Waals surface area contributed by atoms with Crippen LogP contribution in [-0.2, 0) is 9.31 Å². The van der Waals surface area contributed by atoms with Crippen LogP contribution in [0.3, 0.4) is 0 Å². The zero-order valence-corrected chi connectivity index (χ0v) is 22.0. The number of nitriles is 1. The van der Waals surface area contributed by atoms with Gasteiger partial charge in [0, 0.05) is 21.4 Å². The SMILES string of the molecule is C=C(B1OC(C)(C)C(C)(C)O1)[C@H](C#N)CCCCCN1c2ccccc2Sc2ccc(Cl)cc21. The van der Waals surface area contributed by atoms with Gasteiger partial charge in [0.1, 0.15) is 0 Å². The average molecular weight is 495 g/mol. The number of hydrogen-bond acceptors (Lipinski definition) is 5. The molecule has 0 aromatic heterocycles. The van der Waals surface area contributed by atoms with Crippen molar-refractivity contribution in [2.75, 3.05) is 11.4 Å². The average Bonchev–Trinajstić information content (AvgIpc) is 3.02. The van der Waals surface area contributed by atoms with Gasteiger partial charge in [-0.3, -0.25) is 0 Å². The molecule has 2 aliphatic rings. The van der Waals surface area contributed by atoms with Crippen LogP contribution >= 0.6 is 23.4 Å². The summed E-state index contributed by atoms with van der Waals surface area (Å²) in [5.41, 5.74) is 2.27. The zero-order chi connectivity index (χ0) is 24.5. The molecule has 1 saturated heterocycles. The third-order valence-electron chi connectivity index (χ3n) is 7.12. The van der Waals surface area contributed by atoms with Crippen molar-refractivity contribution in [3.05, 3.63) is 59.5 Å². The topological polar surface area (TPSA) is 45.5 Å². The van der Waals surface area contributed by atoms with E-state index < -0.39 is 18.3 Å². The number of para-hydroxylation sites is 1. The molecule has 0 bridgehead atoms. The van der Waals surface area contributed by atoms with Gasteiger partial charge >= 0.3 is 7.12 Å². The van der Waals surface area contributed by atoms with Crippen LogP contribution in [0.5, 0.6) is 0 Å². The lowest BCUT2D eigenvalue weighted by atomic mass is 9.71. The minimum absolute atomic E-state index is 0.277. The quantitative estimate of drug-likeness (QED) is 0.276. The lowest BCUT2D eigenvalue weighted by molar-refractivity contribution is 0.00578. The van der Waals surface area contributed by atoms with E-state index in [4.69, 9.17) is 20.9 Å². The molecule has 2 aliphatic heterocycles. The predicted molar refractivity (Wildman–Crippen MR) is 142 cm³/mol. The minimum Gasteiger partial charge on any atom is -0.400 e. The van der Waals surface area contributed by atoms with E-state index >= 15 is 0 Å². The highest BCUT2D eigenvalue weighted by atomic mass is 35.5. The minimum atomic E-state index is -0.529. The number of rotatable bonds is 8. The largest absolute Gasteiger partial charge is 0.491 e. The van der Waals surface area contributed by atoms with Gasteiger partial charge in [-0.05, 0) is 76.3 Å². The Balaban J connectivity index is 1.33. The van der Waals surface area contributed by atoms with E-state index in [2.05, 4.69) is 53.9 Å². The molecule has 0 spiro atoms. The number of allylic oxidation sites excluding steroid dienone is 1. The first-order valence-corrected chi connectivity index (χ1v) is 13.1. The predicted octanol–water partition coefficient (Wildman–Crippen LogP) is 7.83. The summed E-state index contributed by atoms with van der Waals surface area (Å²) in [7, 11) is -0.529. The van der Waals surface area contributed by atoms with Crippen molar-refractivity contribution in [3.8, 4) is 6.07 Å². The molecule has 0 N–H and O–H groups in total. The summed E-state index contributed by atoms with van der Waals surface area (Å²) in [6.07, 6.45) is 3.75. The molecule has 1 fully saturated rings. The first-order chi connectivity index (χ1) is 16.1. The van der Waals surface area contributed by atoms with E-state index in [9.17, 15) is 5.26 Å². The van der Waals surface area contributed by atoms with Gasteiger partial charge < -0.3 is 14.2 Å². The van der Waals surface area contributed by atoms with Gasteiger partial charge in [0.2, 0.25) is 0 Å². The van der Waals surface area contributed by atoms with Crippen molar-refractivity contribution in [2.24, 2.45) is 5.92 Å². The van der Waals surface area contributed by atoms with Gasteiger partial charge in [0.15, 0.2) is 0 Å². The van der Waals surface area contributed by atoms with Crippen molar-refractivity contribution in [1.29, 1.82) is 5.26 Å². The number of halogens is 1. The Morgan fingerprint density at radius 3 is 2.44 bits per heavy atom. The lowest BCUT2D eigenvalue weighted by Gasteiger charge is -2.33. The van der Waals surface area contributed by atoms with Crippen LogP contribution in [0.25, 0.3) is 0 Å². The van der Waals surface area contributed by atoms with Crippen molar-refractivity contribution < 1.29 is 9.31 Å². The molecule has 0 radical (unpaired) electrons. The molecule has 7 heteroatoms. The van der Waals surface area contributed by atoms with Gasteiger partial charge in [-0.1, -0.05) is 48.3 Å². The van der Waals surface area contributed by atoms with Crippen molar-refractivity contribution >= 4 is 41.9 Å². The molecule has 0 aliphatic carbocycles. The number of fused-ring (bicyclic) bond motifs is 2. The monoisotopic (exact) mass is 494 g/mol. The van der Waals surface area contributed by atoms with Crippen molar-refractivity contribution in [3.63, 3.8) is 0 Å². The van der Waals surface area contributed by atoms with E-state index in [-0.39, 0.29) is 5.92 Å². The fourth-order valence-corrected chi connectivity index (χ4v) is 5.57. The summed E-state index contributed by atoms with van der Waals surface area (Å²) in [4.78, 5) is 4.87. The molecule has 4 nitrogen and oxygen atoms in total. The van der Waals surface area contributed by atoms with Gasteiger partial charge in [-0.2, -0.15) is 5.26 Å². The Kier molecular flexibility index (Phi) is 7.40. The van der Waals surface area contributed by atoms with Gasteiger partial charge in [0.05, 0.1) is 34.6 Å². The van der Waals surface area contributed by atoms with Crippen LogP contribution < -0.4 is 4.90 Å². The Morgan fingerprint density at radius 2 is 1.74 bits per heavy atom. The van der Waals surface area contributed by atoms with Gasteiger partial charge in [0.25, 0.3) is 0 Å². The number of benzene rings is 2. The number of anilines is 2. The summed E-state index contributed by atoms with van der Waals surface area (Å²) in [5.74, 6) is -0.277. The van der Waals surface area contributed by atoms with E-state index in [1.54, 1.807) is 11.8 Å². The molecular formula is C27H32BClN2O2S. The molecule has 0 saturated carbocycles. The molecule has 2 aromatic carbocycles. The van der Waals surface area contributed by atoms with Gasteiger partial charge in [-0.15, -0.1) is 6.58 Å². The van der Waals surface area contributed by atoms with Crippen LogP contribution in [-0.4, -0.2) is 24.9 Å². The third-order valence-corrected chi connectivity index (χ3v) is 8.49. The smallest absolute Gasteiger partial charge is 0.400 e. The van der Waals surface area contributed by atoms with Crippen LogP contribution in [0.1, 0.15) is 53.4 Å². The second-order valence-corrected chi connectivity index (χ2v) is 11.5. The van der Waals surface area contributed by atoms with Crippen molar-refractivity contribution in [1.82, 2.24) is 0 Å². The molecule has 2 aromatic rings. The Morgan fingerprint density at radius 1 is 1.06 bits per heavy atom. The van der Waals surface area contributed by atoms with Crippen LogP contribution in [0.15, 0.2) is 64.3 Å². The second kappa shape index (κ2) is 9.99. The van der Waals surface area contributed by atoms with Crippen LogP contribution in [0.2, 0.25) is 5.02 Å². The molecule has 34 heavy (non-hydrogen) atoms. The fourth-order valence-electron chi connectivity index (χ4n) is 4.33. The molecule has 2 heterocycles. The summed E-state index contributed by atoms with van der Waals surface area (Å²) in [6.45, 7) is 13.1. The Bertz CT molecular complexity index is 1100. The fraction of sp³-hybridized carbons (Fsp3) is 0.444. The molecule has 0 unspecified atom stereocenters. The van der Waals surface area contributed by atoms with Gasteiger partial charge in [-0.25, -0.2) is 0 Å². The summed E-state index contributed by atoms with van der Waals surface area (Å²) in [6, 6.07) is 17.0. The van der Waals surface area contributed by atoms with Crippen molar-refractivity contribution in [2.45, 2.75) is 74.4 Å². The van der Waals surface area contributed by atoms with E-state index in [0.29, 0.717) is 0 Å². The lowest BCUT2D eigenvalue weighted by Crippen LogP contribution is -2.41. The highest BCUT2D eigenvalue weighted by Gasteiger charge is 2.52. The Hall–Kier alpha value is -1.91. The molecule has 4 rings (SSSR count). The van der Waals surface area contributed by atoms with E-state index in [0.717, 1.165) is 42.7 Å². The molecule has 1 atom stereocenters. The zero-order valence-electron chi connectivity index (χ0n) is 20.4. The number of hydrogen-bond donors (Lipinski definition) is 0. The Labute approximate surface area is 213 Å². The van der Waals surface area contributed by atoms with Crippen LogP contribution in [0, 0.1) is 17.2 Å². The summed E-state index contributed by atoms with van der Waals surface area (Å²) >= 11 is 8.12. The summed E-state index contributed by atoms with van der Waals surface area (Å²) in [5, 5.41) is 10.5. The first kappa shape index (κ1) is 25.2.